The largest absolute Gasteiger partial charge is 1.00 e. The maximum Gasteiger partial charge on any atom is 1.00 e. The number of ether oxygens (including phenoxy) is 1. The number of fused-ring (bicyclic) bond motifs is 1. The average Bonchev–Trinajstić information content (AvgIpc) is 3.81. The van der Waals surface area contributed by atoms with Gasteiger partial charge in [-0.05, 0) is 32.1 Å². The molecular formula is C39H64Li4N7O17P3S. The van der Waals surface area contributed by atoms with Gasteiger partial charge in [-0.2, -0.15) is 0 Å². The number of aliphatic hydroxyl groups is 2. The van der Waals surface area contributed by atoms with Crippen LogP contribution in [0.5, 0.6) is 0 Å². The number of phosphoric acid groups is 3. The fourth-order valence-electron chi connectivity index (χ4n) is 6.68. The number of hydrogen-bond donors (Lipinski definition) is 5. The molecule has 24 nitrogen and oxygen atoms in total. The predicted molar refractivity (Wildman–Crippen MR) is 238 cm³/mol. The molecule has 1 aliphatic rings. The number of phosphoric ester groups is 3. The minimum Gasteiger partial charge on any atom is -0.790 e. The molecular weight excluding hydrogens is 991 g/mol. The van der Waals surface area contributed by atoms with Crippen LogP contribution in [0.2, 0.25) is 0 Å². The van der Waals surface area contributed by atoms with Crippen molar-refractivity contribution in [3.63, 3.8) is 0 Å². The van der Waals surface area contributed by atoms with Gasteiger partial charge in [-0.1, -0.05) is 96.1 Å². The van der Waals surface area contributed by atoms with E-state index in [1.807, 2.05) is 0 Å². The second kappa shape index (κ2) is 36.7. The molecule has 6 N–H and O–H groups in total. The number of nitrogen functional groups attached to an aromatic ring is 1. The molecule has 382 valence electrons. The van der Waals surface area contributed by atoms with Crippen LogP contribution in [0, 0.1) is 5.41 Å². The number of nitrogens with zero attached hydrogens (tertiary/aromatic N) is 4. The molecule has 1 saturated heterocycles. The van der Waals surface area contributed by atoms with Crippen LogP contribution in [0.4, 0.5) is 5.82 Å². The van der Waals surface area contributed by atoms with E-state index in [0.717, 1.165) is 73.9 Å². The Morgan fingerprint density at radius 2 is 1.46 bits per heavy atom. The number of carbonyl (C=O) groups excluding carboxylic acids is 3. The quantitative estimate of drug-likeness (QED) is 0.0188. The van der Waals surface area contributed by atoms with Crippen molar-refractivity contribution in [2.45, 2.75) is 148 Å². The van der Waals surface area contributed by atoms with Gasteiger partial charge in [0.05, 0.1) is 27.4 Å². The molecule has 32 heteroatoms. The van der Waals surface area contributed by atoms with E-state index in [-0.39, 0.29) is 117 Å². The van der Waals surface area contributed by atoms with E-state index in [9.17, 15) is 57.9 Å². The number of aliphatic hydroxyl groups excluding tert-OH is 2. The third-order valence-electron chi connectivity index (χ3n) is 10.4. The van der Waals surface area contributed by atoms with Gasteiger partial charge in [-0.25, -0.2) is 19.3 Å². The van der Waals surface area contributed by atoms with Gasteiger partial charge in [-0.3, -0.25) is 28.1 Å². The summed E-state index contributed by atoms with van der Waals surface area (Å²) in [5, 5.41) is 26.5. The van der Waals surface area contributed by atoms with Crippen LogP contribution in [-0.2, 0) is 50.7 Å². The Morgan fingerprint density at radius 1 is 0.873 bits per heavy atom. The van der Waals surface area contributed by atoms with Crippen molar-refractivity contribution in [1.29, 1.82) is 0 Å². The SMILES string of the molecule is CCCCCCCC/C=C/CCCCCCCC(=O)SCCNC(=O)CCNC(=O)C(O)C(C)(C)COP(=O)([O-])OP(=O)([O-])OCC1OC(n2cnc3c(N)ncnc32)C(O)C1OP(=O)([O-])[O-].[Li+].[Li+].[Li+].[Li+]. The normalized spacial score (nSPS) is 19.1. The molecule has 71 heavy (non-hydrogen) atoms. The number of nitrogens with one attached hydrogen (secondary N) is 2. The van der Waals surface area contributed by atoms with Crippen molar-refractivity contribution in [2.24, 2.45) is 5.41 Å². The molecule has 1 fully saturated rings. The van der Waals surface area contributed by atoms with Crippen LogP contribution in [0.25, 0.3) is 11.2 Å². The molecule has 2 aromatic heterocycles. The van der Waals surface area contributed by atoms with Gasteiger partial charge < -0.3 is 69.0 Å². The monoisotopic (exact) mass is 1060 g/mol. The number of aromatic nitrogens is 4. The zero-order chi connectivity index (χ0) is 49.7. The maximum atomic E-state index is 12.6. The summed E-state index contributed by atoms with van der Waals surface area (Å²) < 4.78 is 60.8. The zero-order valence-corrected chi connectivity index (χ0v) is 45.5. The van der Waals surface area contributed by atoms with Crippen molar-refractivity contribution in [2.75, 3.05) is 37.8 Å². The van der Waals surface area contributed by atoms with Crippen molar-refractivity contribution >= 4 is 69.1 Å². The van der Waals surface area contributed by atoms with Crippen LogP contribution in [0.3, 0.4) is 0 Å². The summed E-state index contributed by atoms with van der Waals surface area (Å²) in [6.07, 6.45) is 12.7. The second-order valence-electron chi connectivity index (χ2n) is 16.5. The fraction of sp³-hybridized carbons (Fsp3) is 0.744. The van der Waals surface area contributed by atoms with Gasteiger partial charge in [0.15, 0.2) is 22.8 Å². The molecule has 7 unspecified atom stereocenters. The van der Waals surface area contributed by atoms with Crippen LogP contribution in [0.1, 0.15) is 123 Å². The Bertz CT molecular complexity index is 2070. The summed E-state index contributed by atoms with van der Waals surface area (Å²) in [7, 11) is -17.6. The van der Waals surface area contributed by atoms with Crippen molar-refractivity contribution < 1.29 is 156 Å². The zero-order valence-electron chi connectivity index (χ0n) is 42.0. The molecule has 3 rings (SSSR count). The van der Waals surface area contributed by atoms with Crippen molar-refractivity contribution in [3.05, 3.63) is 24.8 Å². The molecule has 2 aromatic rings. The van der Waals surface area contributed by atoms with Gasteiger partial charge in [0.2, 0.25) is 11.8 Å². The van der Waals surface area contributed by atoms with E-state index < -0.39 is 84.6 Å². The minimum absolute atomic E-state index is 0. The number of anilines is 1. The number of unbranched alkanes of at least 4 members (excludes halogenated alkanes) is 11. The number of amides is 2. The number of nitrogens with two attached hydrogens (primary N) is 1. The summed E-state index contributed by atoms with van der Waals surface area (Å²) in [4.78, 5) is 96.8. The summed E-state index contributed by atoms with van der Waals surface area (Å²) in [6.45, 7) is 2.39. The Labute approximate surface area is 467 Å². The van der Waals surface area contributed by atoms with E-state index >= 15 is 0 Å². The summed E-state index contributed by atoms with van der Waals surface area (Å²) in [5.74, 6) is -1.14. The van der Waals surface area contributed by atoms with E-state index in [2.05, 4.69) is 62.5 Å². The number of imidazole rings is 1. The third kappa shape index (κ3) is 28.1. The van der Waals surface area contributed by atoms with E-state index in [0.29, 0.717) is 12.2 Å². The first-order valence-corrected chi connectivity index (χ1v) is 27.5. The number of thioether (sulfide) groups is 1. The number of carbonyl (C=O) groups is 3. The Morgan fingerprint density at radius 3 is 2.08 bits per heavy atom. The van der Waals surface area contributed by atoms with E-state index in [1.54, 1.807) is 0 Å². The first kappa shape index (κ1) is 72.8. The molecule has 0 bridgehead atoms. The van der Waals surface area contributed by atoms with E-state index in [4.69, 9.17) is 10.5 Å². The topological polar surface area (TPSA) is 375 Å². The average molecular weight is 1060 g/mol. The molecule has 0 radical (unpaired) electrons. The minimum atomic E-state index is -5.92. The molecule has 7 atom stereocenters. The van der Waals surface area contributed by atoms with Gasteiger partial charge in [0, 0.05) is 37.1 Å². The van der Waals surface area contributed by atoms with Gasteiger partial charge >= 0.3 is 75.4 Å². The molecule has 2 amide bonds. The number of allylic oxidation sites excluding steroid dienone is 2. The van der Waals surface area contributed by atoms with Crippen molar-refractivity contribution in [3.8, 4) is 0 Å². The predicted octanol–water partition coefficient (Wildman–Crippen LogP) is -9.81. The molecule has 0 aliphatic carbocycles. The second-order valence-corrected chi connectivity index (χ2v) is 21.8. The summed E-state index contributed by atoms with van der Waals surface area (Å²) >= 11 is 1.14. The van der Waals surface area contributed by atoms with Crippen LogP contribution in [-0.4, -0.2) is 103 Å². The first-order valence-electron chi connectivity index (χ1n) is 22.2. The molecule has 3 heterocycles. The first-order chi connectivity index (χ1) is 31.6. The summed E-state index contributed by atoms with van der Waals surface area (Å²) in [5.41, 5.74) is 4.09. The molecule has 0 saturated carbocycles. The smallest absolute Gasteiger partial charge is 0.790 e. The number of hydrogen-bond acceptors (Lipinski definition) is 22. The van der Waals surface area contributed by atoms with Crippen LogP contribution in [0.15, 0.2) is 24.8 Å². The summed E-state index contributed by atoms with van der Waals surface area (Å²) in [6, 6.07) is 0. The molecule has 1 aliphatic heterocycles. The van der Waals surface area contributed by atoms with Crippen molar-refractivity contribution in [1.82, 2.24) is 30.2 Å². The van der Waals surface area contributed by atoms with E-state index in [1.165, 1.54) is 52.4 Å². The van der Waals surface area contributed by atoms with Gasteiger partial charge in [0.1, 0.15) is 36.3 Å². The van der Waals surface area contributed by atoms with Crippen LogP contribution < -0.4 is 111 Å². The third-order valence-corrected chi connectivity index (χ3v) is 14.3. The molecule has 0 spiro atoms. The van der Waals surface area contributed by atoms with Gasteiger partial charge in [-0.15, -0.1) is 0 Å². The Hall–Kier alpha value is -0.310. The maximum absolute atomic E-state index is 12.6. The Balaban J connectivity index is 0. The van der Waals surface area contributed by atoms with Crippen LogP contribution >= 0.6 is 35.2 Å². The molecule has 0 aromatic carbocycles. The standard InChI is InChI=1S/C39H68N7O17P3S.4Li/c1-4-5-6-7-8-9-10-11-12-13-14-15-16-17-18-19-30(48)67-23-22-41-29(47)20-21-42-37(51)34(50)39(2,3)25-60-66(57,58)63-65(55,56)59-24-28-33(62-64(52,53)54)32(49)38(61-28)46-27-45-31-35(40)43-26-44-36(31)46;;;;/h11-12,26-28,32-34,38,49-50H,4-10,13-25H2,1-3H3,(H,41,47)(H,42,51)(H,55,56)(H,57,58)(H2,40,43,44)(H2,52,53,54);;;;/q;4*+1/p-4/b12-11+;;;;. The fourth-order valence-corrected chi connectivity index (χ4v) is 10.1. The number of rotatable bonds is 34. The van der Waals surface area contributed by atoms with Gasteiger partial charge in [0.25, 0.3) is 15.6 Å². The Kier molecular flexibility index (Phi) is 37.6.